The minimum atomic E-state index is -1.59. The van der Waals surface area contributed by atoms with Crippen molar-refractivity contribution >= 4 is 58.8 Å². The number of ether oxygens (including phenoxy) is 2. The Labute approximate surface area is 252 Å². The van der Waals surface area contributed by atoms with Gasteiger partial charge in [0.2, 0.25) is 11.8 Å². The van der Waals surface area contributed by atoms with E-state index in [1.54, 1.807) is 38.1 Å². The third-order valence-electron chi connectivity index (χ3n) is 5.78. The lowest BCUT2D eigenvalue weighted by Gasteiger charge is -2.24. The number of amides is 3. The lowest BCUT2D eigenvalue weighted by atomic mass is 10.0. The number of carbonyl (C=O) groups excluding carboxylic acids is 5. The summed E-state index contributed by atoms with van der Waals surface area (Å²) in [5.74, 6) is -5.36. The van der Waals surface area contributed by atoms with Crippen LogP contribution >= 0.6 is 23.2 Å². The molecule has 42 heavy (non-hydrogen) atoms. The van der Waals surface area contributed by atoms with Crippen LogP contribution in [0.1, 0.15) is 43.1 Å². The van der Waals surface area contributed by atoms with E-state index in [4.69, 9.17) is 32.7 Å². The zero-order valence-electron chi connectivity index (χ0n) is 23.0. The number of alkyl carbamates (subject to hydrolysis) is 1. The second kappa shape index (κ2) is 16.3. The highest BCUT2D eigenvalue weighted by atomic mass is 35.5. The first kappa shape index (κ1) is 34.0. The molecule has 226 valence electrons. The molecule has 0 radical (unpaired) electrons. The fraction of sp³-hybridized carbons (Fsp3) is 0.357. The molecule has 0 unspecified atom stereocenters. The summed E-state index contributed by atoms with van der Waals surface area (Å²) in [5, 5.41) is 16.3. The Balaban J connectivity index is 1.97. The third kappa shape index (κ3) is 10.7. The van der Waals surface area contributed by atoms with Crippen LogP contribution in [0.15, 0.2) is 48.5 Å². The van der Waals surface area contributed by atoms with E-state index < -0.39 is 72.7 Å². The molecule has 4 N–H and O–H groups in total. The zero-order valence-corrected chi connectivity index (χ0v) is 24.5. The van der Waals surface area contributed by atoms with E-state index in [1.807, 2.05) is 6.07 Å². The molecule has 0 spiro atoms. The number of Topliss-reactive ketones (excluding diaryl/α,β-unsaturated/α-hetero) is 1. The summed E-state index contributed by atoms with van der Waals surface area (Å²) in [6, 6.07) is 9.29. The van der Waals surface area contributed by atoms with E-state index in [1.165, 1.54) is 25.1 Å². The van der Waals surface area contributed by atoms with E-state index in [-0.39, 0.29) is 22.2 Å². The quantitative estimate of drug-likeness (QED) is 0.230. The van der Waals surface area contributed by atoms with Crippen LogP contribution < -0.4 is 16.0 Å². The topological polar surface area (TPSA) is 177 Å². The predicted octanol–water partition coefficient (Wildman–Crippen LogP) is 3.13. The molecule has 14 heteroatoms. The van der Waals surface area contributed by atoms with Gasteiger partial charge >= 0.3 is 18.0 Å². The van der Waals surface area contributed by atoms with E-state index >= 15 is 0 Å². The van der Waals surface area contributed by atoms with Gasteiger partial charge in [-0.05, 0) is 30.5 Å². The van der Waals surface area contributed by atoms with Crippen molar-refractivity contribution in [3.8, 4) is 0 Å². The van der Waals surface area contributed by atoms with E-state index in [0.29, 0.717) is 0 Å². The number of benzene rings is 2. The molecule has 0 aliphatic carbocycles. The van der Waals surface area contributed by atoms with Gasteiger partial charge in [0.25, 0.3) is 0 Å². The number of carboxylic acids is 1. The number of aliphatic carboxylic acids is 1. The van der Waals surface area contributed by atoms with Crippen molar-refractivity contribution in [1.29, 1.82) is 0 Å². The van der Waals surface area contributed by atoms with Crippen molar-refractivity contribution in [2.24, 2.45) is 5.92 Å². The summed E-state index contributed by atoms with van der Waals surface area (Å²) in [7, 11) is 0. The smallest absolute Gasteiger partial charge is 0.408 e. The maximum absolute atomic E-state index is 12.9. The summed E-state index contributed by atoms with van der Waals surface area (Å²) < 4.78 is 10.1. The van der Waals surface area contributed by atoms with Crippen LogP contribution in [0.5, 0.6) is 0 Å². The number of halogens is 2. The first-order valence-corrected chi connectivity index (χ1v) is 13.5. The molecule has 0 aromatic heterocycles. The fourth-order valence-corrected chi connectivity index (χ4v) is 4.07. The zero-order chi connectivity index (χ0) is 31.4. The highest BCUT2D eigenvalue weighted by Crippen LogP contribution is 2.25. The largest absolute Gasteiger partial charge is 0.481 e. The summed E-state index contributed by atoms with van der Waals surface area (Å²) >= 11 is 11.9. The number of carboxylic acid groups (broad SMARTS) is 1. The van der Waals surface area contributed by atoms with Crippen LogP contribution in [0.2, 0.25) is 10.0 Å². The fourth-order valence-electron chi connectivity index (χ4n) is 3.51. The predicted molar refractivity (Wildman–Crippen MR) is 152 cm³/mol. The molecule has 0 bridgehead atoms. The van der Waals surface area contributed by atoms with E-state index in [2.05, 4.69) is 16.0 Å². The van der Waals surface area contributed by atoms with Gasteiger partial charge in [-0.3, -0.25) is 19.2 Å². The summed E-state index contributed by atoms with van der Waals surface area (Å²) in [6.45, 7) is 3.75. The Morgan fingerprint density at radius 2 is 1.43 bits per heavy atom. The molecule has 2 aromatic carbocycles. The molecule has 3 atom stereocenters. The maximum Gasteiger partial charge on any atom is 0.408 e. The Hall–Kier alpha value is -4.16. The second-order valence-corrected chi connectivity index (χ2v) is 10.3. The molecular weight excluding hydrogens is 593 g/mol. The van der Waals surface area contributed by atoms with Crippen LogP contribution in [-0.4, -0.2) is 65.5 Å². The Morgan fingerprint density at radius 3 is 2.00 bits per heavy atom. The molecule has 12 nitrogen and oxygen atoms in total. The minimum absolute atomic E-state index is 0.0152. The van der Waals surface area contributed by atoms with Crippen LogP contribution in [0, 0.1) is 5.92 Å². The van der Waals surface area contributed by atoms with Crippen molar-refractivity contribution in [3.63, 3.8) is 0 Å². The normalized spacial score (nSPS) is 12.8. The lowest BCUT2D eigenvalue weighted by molar-refractivity contribution is -0.141. The minimum Gasteiger partial charge on any atom is -0.481 e. The van der Waals surface area contributed by atoms with Crippen LogP contribution in [0.25, 0.3) is 0 Å². The molecule has 0 aliphatic rings. The summed E-state index contributed by atoms with van der Waals surface area (Å²) in [5.41, 5.74) is 0.567. The lowest BCUT2D eigenvalue weighted by Crippen LogP contribution is -2.56. The first-order valence-electron chi connectivity index (χ1n) is 12.7. The van der Waals surface area contributed by atoms with Gasteiger partial charge in [0.1, 0.15) is 24.7 Å². The van der Waals surface area contributed by atoms with Crippen molar-refractivity contribution in [2.75, 3.05) is 6.61 Å². The molecule has 0 saturated heterocycles. The molecule has 0 fully saturated rings. The van der Waals surface area contributed by atoms with Crippen LogP contribution in [-0.2, 0) is 35.3 Å². The van der Waals surface area contributed by atoms with Crippen molar-refractivity contribution in [2.45, 2.75) is 51.9 Å². The number of hydrogen-bond acceptors (Lipinski definition) is 8. The number of esters is 1. The monoisotopic (exact) mass is 623 g/mol. The second-order valence-electron chi connectivity index (χ2n) is 9.46. The SMILES string of the molecule is CC(C)[C@H](NC(=O)OCc1ccccc1)C(=O)N[C@@H](C)C(=O)N[C@@H](CC(=O)O)C(=O)COC(=O)c1c(Cl)cccc1Cl. The Bertz CT molecular complexity index is 1280. The van der Waals surface area contributed by atoms with Crippen LogP contribution in [0.4, 0.5) is 4.79 Å². The molecule has 0 aliphatic heterocycles. The number of nitrogens with one attached hydrogen (secondary N) is 3. The van der Waals surface area contributed by atoms with Gasteiger partial charge in [0.05, 0.1) is 22.0 Å². The average Bonchev–Trinajstić information content (AvgIpc) is 2.93. The van der Waals surface area contributed by atoms with Gasteiger partial charge in [-0.2, -0.15) is 0 Å². The van der Waals surface area contributed by atoms with E-state index in [9.17, 15) is 33.9 Å². The third-order valence-corrected chi connectivity index (χ3v) is 6.41. The van der Waals surface area contributed by atoms with Crippen molar-refractivity contribution in [3.05, 3.63) is 69.7 Å². The molecule has 0 heterocycles. The summed E-state index contributed by atoms with van der Waals surface area (Å²) in [4.78, 5) is 74.3. The van der Waals surface area contributed by atoms with Crippen molar-refractivity contribution < 1.29 is 43.3 Å². The van der Waals surface area contributed by atoms with Gasteiger partial charge < -0.3 is 30.5 Å². The van der Waals surface area contributed by atoms with Gasteiger partial charge in [0.15, 0.2) is 12.4 Å². The van der Waals surface area contributed by atoms with Crippen molar-refractivity contribution in [1.82, 2.24) is 16.0 Å². The molecule has 3 amide bonds. The molecule has 2 aromatic rings. The van der Waals surface area contributed by atoms with Gasteiger partial charge in [-0.1, -0.05) is 73.4 Å². The Morgan fingerprint density at radius 1 is 0.810 bits per heavy atom. The maximum atomic E-state index is 12.9. The van der Waals surface area contributed by atoms with E-state index in [0.717, 1.165) is 5.56 Å². The van der Waals surface area contributed by atoms with Gasteiger partial charge in [0, 0.05) is 0 Å². The van der Waals surface area contributed by atoms with Crippen LogP contribution in [0.3, 0.4) is 0 Å². The number of carbonyl (C=O) groups is 6. The molecule has 2 rings (SSSR count). The highest BCUT2D eigenvalue weighted by molar-refractivity contribution is 6.39. The standard InChI is InChI=1S/C28H31Cl2N3O9/c1-15(2)24(33-28(40)42-13-17-8-5-4-6-9-17)26(38)31-16(3)25(37)32-20(12-22(35)36)21(34)14-41-27(39)23-18(29)10-7-11-19(23)30/h4-11,15-16,20,24H,12-14H2,1-3H3,(H,31,38)(H,32,37)(H,33,40)(H,35,36)/t16-,20-,24-/m0/s1. The highest BCUT2D eigenvalue weighted by Gasteiger charge is 2.30. The average molecular weight is 624 g/mol. The first-order chi connectivity index (χ1) is 19.8. The van der Waals surface area contributed by atoms with Gasteiger partial charge in [-0.15, -0.1) is 0 Å². The van der Waals surface area contributed by atoms with Gasteiger partial charge in [-0.25, -0.2) is 9.59 Å². The summed E-state index contributed by atoms with van der Waals surface area (Å²) in [6.07, 6.45) is -1.66. The molecular formula is C28H31Cl2N3O9. The molecule has 0 saturated carbocycles. The Kier molecular flexibility index (Phi) is 13.2. The number of hydrogen-bond donors (Lipinski definition) is 4. The number of ketones is 1. The number of rotatable bonds is 14.